The summed E-state index contributed by atoms with van der Waals surface area (Å²) in [4.78, 5) is 30.9. The Balaban J connectivity index is 1.48. The standard InChI is InChI=1S/C18H31N3O4/c1-2-25-18(23)21-9-4-16(14-21)19-7-3-8-20(11-10-19)17(22)15-5-12-24-13-6-15/h15-16H,2-14H2,1H3. The second-order valence-corrected chi connectivity index (χ2v) is 7.19. The zero-order chi connectivity index (χ0) is 17.6. The number of carbonyl (C=O) groups excluding carboxylic acids is 2. The molecule has 142 valence electrons. The third-order valence-electron chi connectivity index (χ3n) is 5.62. The van der Waals surface area contributed by atoms with Gasteiger partial charge in [0.25, 0.3) is 0 Å². The fourth-order valence-electron chi connectivity index (χ4n) is 4.15. The Morgan fingerprint density at radius 2 is 1.80 bits per heavy atom. The Kier molecular flexibility index (Phi) is 6.53. The Morgan fingerprint density at radius 3 is 2.56 bits per heavy atom. The van der Waals surface area contributed by atoms with Crippen molar-refractivity contribution in [3.05, 3.63) is 0 Å². The van der Waals surface area contributed by atoms with Gasteiger partial charge in [0.2, 0.25) is 5.91 Å². The summed E-state index contributed by atoms with van der Waals surface area (Å²) >= 11 is 0. The first-order chi connectivity index (χ1) is 12.2. The Labute approximate surface area is 150 Å². The van der Waals surface area contributed by atoms with Gasteiger partial charge in [-0.1, -0.05) is 0 Å². The van der Waals surface area contributed by atoms with Gasteiger partial charge in [-0.2, -0.15) is 0 Å². The summed E-state index contributed by atoms with van der Waals surface area (Å²) in [5.41, 5.74) is 0. The molecule has 3 aliphatic rings. The number of carbonyl (C=O) groups is 2. The molecule has 0 spiro atoms. The molecule has 0 aliphatic carbocycles. The van der Waals surface area contributed by atoms with Crippen LogP contribution in [0.5, 0.6) is 0 Å². The van der Waals surface area contributed by atoms with E-state index in [1.165, 1.54) is 0 Å². The normalized spacial score (nSPS) is 26.5. The molecule has 1 unspecified atom stereocenters. The first-order valence-electron chi connectivity index (χ1n) is 9.71. The van der Waals surface area contributed by atoms with E-state index < -0.39 is 0 Å². The molecule has 0 aromatic carbocycles. The average molecular weight is 353 g/mol. The summed E-state index contributed by atoms with van der Waals surface area (Å²) in [5, 5.41) is 0. The maximum atomic E-state index is 12.7. The third kappa shape index (κ3) is 4.64. The van der Waals surface area contributed by atoms with Crippen molar-refractivity contribution in [2.75, 3.05) is 59.1 Å². The Bertz CT molecular complexity index is 467. The van der Waals surface area contributed by atoms with Crippen molar-refractivity contribution in [3.63, 3.8) is 0 Å². The predicted molar refractivity (Wildman–Crippen MR) is 93.3 cm³/mol. The monoisotopic (exact) mass is 353 g/mol. The van der Waals surface area contributed by atoms with Crippen LogP contribution in [0.3, 0.4) is 0 Å². The number of hydrogen-bond donors (Lipinski definition) is 0. The number of nitrogens with zero attached hydrogens (tertiary/aromatic N) is 3. The fourth-order valence-corrected chi connectivity index (χ4v) is 4.15. The smallest absolute Gasteiger partial charge is 0.409 e. The quantitative estimate of drug-likeness (QED) is 0.762. The summed E-state index contributed by atoms with van der Waals surface area (Å²) in [7, 11) is 0. The number of amides is 2. The van der Waals surface area contributed by atoms with E-state index in [2.05, 4.69) is 4.90 Å². The molecular formula is C18H31N3O4. The minimum Gasteiger partial charge on any atom is -0.450 e. The lowest BCUT2D eigenvalue weighted by Crippen LogP contribution is -2.43. The van der Waals surface area contributed by atoms with Crippen LogP contribution in [0.15, 0.2) is 0 Å². The van der Waals surface area contributed by atoms with Crippen LogP contribution in [0.25, 0.3) is 0 Å². The van der Waals surface area contributed by atoms with E-state index in [1.807, 2.05) is 16.7 Å². The molecule has 1 atom stereocenters. The number of likely N-dealkylation sites (tertiary alicyclic amines) is 1. The van der Waals surface area contributed by atoms with E-state index >= 15 is 0 Å². The highest BCUT2D eigenvalue weighted by molar-refractivity contribution is 5.79. The number of ether oxygens (including phenoxy) is 2. The van der Waals surface area contributed by atoms with Crippen molar-refractivity contribution in [2.24, 2.45) is 5.92 Å². The molecule has 3 rings (SSSR count). The van der Waals surface area contributed by atoms with Gasteiger partial charge in [0.05, 0.1) is 6.61 Å². The highest BCUT2D eigenvalue weighted by Crippen LogP contribution is 2.21. The first-order valence-corrected chi connectivity index (χ1v) is 9.71. The molecule has 7 heteroatoms. The molecule has 3 heterocycles. The SMILES string of the molecule is CCOC(=O)N1CCC(N2CCCN(C(=O)C3CCOCC3)CC2)C1. The van der Waals surface area contributed by atoms with Crippen molar-refractivity contribution in [2.45, 2.75) is 38.6 Å². The van der Waals surface area contributed by atoms with Gasteiger partial charge in [0.15, 0.2) is 0 Å². The first kappa shape index (κ1) is 18.5. The molecular weight excluding hydrogens is 322 g/mol. The van der Waals surface area contributed by atoms with Crippen molar-refractivity contribution >= 4 is 12.0 Å². The molecule has 0 aromatic rings. The molecule has 3 saturated heterocycles. The van der Waals surface area contributed by atoms with E-state index in [4.69, 9.17) is 9.47 Å². The third-order valence-corrected chi connectivity index (χ3v) is 5.62. The van der Waals surface area contributed by atoms with Crippen LogP contribution in [-0.2, 0) is 14.3 Å². The maximum Gasteiger partial charge on any atom is 0.409 e. The van der Waals surface area contributed by atoms with E-state index in [0.717, 1.165) is 65.0 Å². The van der Waals surface area contributed by atoms with Crippen LogP contribution < -0.4 is 0 Å². The Morgan fingerprint density at radius 1 is 1.00 bits per heavy atom. The largest absolute Gasteiger partial charge is 0.450 e. The average Bonchev–Trinajstić information content (AvgIpc) is 3.01. The van der Waals surface area contributed by atoms with E-state index in [1.54, 1.807) is 0 Å². The van der Waals surface area contributed by atoms with Crippen LogP contribution >= 0.6 is 0 Å². The molecule has 0 saturated carbocycles. The zero-order valence-corrected chi connectivity index (χ0v) is 15.3. The van der Waals surface area contributed by atoms with Crippen LogP contribution in [0.4, 0.5) is 4.79 Å². The minimum absolute atomic E-state index is 0.145. The van der Waals surface area contributed by atoms with Gasteiger partial charge in [0.1, 0.15) is 0 Å². The van der Waals surface area contributed by atoms with Crippen LogP contribution in [0, 0.1) is 5.92 Å². The molecule has 0 N–H and O–H groups in total. The van der Waals surface area contributed by atoms with E-state index in [9.17, 15) is 9.59 Å². The summed E-state index contributed by atoms with van der Waals surface area (Å²) in [6.07, 6.45) is 3.51. The Hall–Kier alpha value is -1.34. The van der Waals surface area contributed by atoms with Gasteiger partial charge in [0, 0.05) is 64.4 Å². The number of hydrogen-bond acceptors (Lipinski definition) is 5. The summed E-state index contributed by atoms with van der Waals surface area (Å²) in [6, 6.07) is 0.391. The highest BCUT2D eigenvalue weighted by atomic mass is 16.6. The number of rotatable bonds is 3. The molecule has 25 heavy (non-hydrogen) atoms. The van der Waals surface area contributed by atoms with E-state index in [0.29, 0.717) is 31.8 Å². The molecule has 0 aromatic heterocycles. The van der Waals surface area contributed by atoms with Gasteiger partial charge in [-0.15, -0.1) is 0 Å². The summed E-state index contributed by atoms with van der Waals surface area (Å²) < 4.78 is 10.5. The van der Waals surface area contributed by atoms with Crippen molar-refractivity contribution in [3.8, 4) is 0 Å². The van der Waals surface area contributed by atoms with Crippen molar-refractivity contribution in [1.82, 2.24) is 14.7 Å². The maximum absolute atomic E-state index is 12.7. The molecule has 0 bridgehead atoms. The van der Waals surface area contributed by atoms with Gasteiger partial charge in [-0.3, -0.25) is 9.69 Å². The summed E-state index contributed by atoms with van der Waals surface area (Å²) in [5.74, 6) is 0.454. The van der Waals surface area contributed by atoms with Gasteiger partial charge in [-0.25, -0.2) is 4.79 Å². The predicted octanol–water partition coefficient (Wildman–Crippen LogP) is 1.18. The molecule has 3 aliphatic heterocycles. The lowest BCUT2D eigenvalue weighted by Gasteiger charge is -2.29. The second-order valence-electron chi connectivity index (χ2n) is 7.19. The second kappa shape index (κ2) is 8.85. The molecule has 2 amide bonds. The lowest BCUT2D eigenvalue weighted by atomic mass is 9.98. The molecule has 7 nitrogen and oxygen atoms in total. The molecule has 0 radical (unpaired) electrons. The zero-order valence-electron chi connectivity index (χ0n) is 15.3. The van der Waals surface area contributed by atoms with Crippen LogP contribution in [0.2, 0.25) is 0 Å². The topological polar surface area (TPSA) is 62.3 Å². The minimum atomic E-state index is -0.198. The highest BCUT2D eigenvalue weighted by Gasteiger charge is 2.33. The van der Waals surface area contributed by atoms with Crippen molar-refractivity contribution < 1.29 is 19.1 Å². The van der Waals surface area contributed by atoms with Gasteiger partial charge >= 0.3 is 6.09 Å². The van der Waals surface area contributed by atoms with E-state index in [-0.39, 0.29) is 12.0 Å². The fraction of sp³-hybridized carbons (Fsp3) is 0.889. The van der Waals surface area contributed by atoms with Gasteiger partial charge < -0.3 is 19.3 Å². The van der Waals surface area contributed by atoms with Crippen LogP contribution in [0.1, 0.15) is 32.6 Å². The van der Waals surface area contributed by atoms with Crippen molar-refractivity contribution in [1.29, 1.82) is 0 Å². The van der Waals surface area contributed by atoms with Crippen LogP contribution in [-0.4, -0.2) is 91.8 Å². The van der Waals surface area contributed by atoms with Gasteiger partial charge in [-0.05, 0) is 32.6 Å². The summed E-state index contributed by atoms with van der Waals surface area (Å²) in [6.45, 7) is 8.74. The lowest BCUT2D eigenvalue weighted by molar-refractivity contribution is -0.138. The molecule has 3 fully saturated rings.